The zero-order valence-electron chi connectivity index (χ0n) is 33.7. The van der Waals surface area contributed by atoms with Crippen LogP contribution in [0.25, 0.3) is 0 Å². The SMILES string of the molecule is CCCC/C=C/CCCCCCCCCCCC(=O)O[C@H](COC(=O)CCC/C=C/C/C=C/C/C=C/CCCCCCCC)COP(=O)(O)OCCN. The van der Waals surface area contributed by atoms with Gasteiger partial charge in [-0.05, 0) is 64.2 Å². The van der Waals surface area contributed by atoms with Crippen molar-refractivity contribution in [1.82, 2.24) is 0 Å². The van der Waals surface area contributed by atoms with E-state index < -0.39 is 32.5 Å². The van der Waals surface area contributed by atoms with Crippen LogP contribution in [0.5, 0.6) is 0 Å². The maximum atomic E-state index is 12.6. The highest BCUT2D eigenvalue weighted by Gasteiger charge is 2.25. The Labute approximate surface area is 324 Å². The van der Waals surface area contributed by atoms with Crippen molar-refractivity contribution in [3.63, 3.8) is 0 Å². The summed E-state index contributed by atoms with van der Waals surface area (Å²) in [5, 5.41) is 0. The minimum Gasteiger partial charge on any atom is -0.462 e. The molecule has 0 bridgehead atoms. The van der Waals surface area contributed by atoms with E-state index in [9.17, 15) is 19.0 Å². The topological polar surface area (TPSA) is 134 Å². The summed E-state index contributed by atoms with van der Waals surface area (Å²) in [5.41, 5.74) is 5.34. The molecule has 0 aromatic carbocycles. The van der Waals surface area contributed by atoms with Crippen molar-refractivity contribution in [3.05, 3.63) is 48.6 Å². The molecule has 0 amide bonds. The van der Waals surface area contributed by atoms with Gasteiger partial charge in [-0.2, -0.15) is 0 Å². The highest BCUT2D eigenvalue weighted by molar-refractivity contribution is 7.47. The van der Waals surface area contributed by atoms with Crippen molar-refractivity contribution >= 4 is 19.8 Å². The monoisotopic (exact) mass is 768 g/mol. The fourth-order valence-electron chi connectivity index (χ4n) is 5.51. The number of esters is 2. The number of rotatable bonds is 39. The van der Waals surface area contributed by atoms with Crippen LogP contribution in [-0.2, 0) is 32.7 Å². The van der Waals surface area contributed by atoms with Gasteiger partial charge in [-0.1, -0.05) is 152 Å². The van der Waals surface area contributed by atoms with E-state index in [2.05, 4.69) is 62.5 Å². The lowest BCUT2D eigenvalue weighted by atomic mass is 10.1. The summed E-state index contributed by atoms with van der Waals surface area (Å²) >= 11 is 0. The first-order chi connectivity index (χ1) is 25.8. The maximum absolute atomic E-state index is 12.6. The summed E-state index contributed by atoms with van der Waals surface area (Å²) in [7, 11) is -4.39. The van der Waals surface area contributed by atoms with Gasteiger partial charge >= 0.3 is 19.8 Å². The Kier molecular flexibility index (Phi) is 38.1. The van der Waals surface area contributed by atoms with Crippen LogP contribution in [-0.4, -0.2) is 49.3 Å². The number of allylic oxidation sites excluding steroid dienone is 8. The summed E-state index contributed by atoms with van der Waals surface area (Å²) in [5.74, 6) is -0.893. The number of hydrogen-bond acceptors (Lipinski definition) is 8. The molecule has 0 heterocycles. The molecule has 9 nitrogen and oxygen atoms in total. The summed E-state index contributed by atoms with van der Waals surface area (Å²) in [6.45, 7) is 3.63. The van der Waals surface area contributed by atoms with Gasteiger partial charge in [0, 0.05) is 19.4 Å². The second-order valence-corrected chi connectivity index (χ2v) is 15.3. The Balaban J connectivity index is 4.25. The third kappa shape index (κ3) is 39.5. The van der Waals surface area contributed by atoms with Crippen LogP contribution < -0.4 is 5.73 Å². The van der Waals surface area contributed by atoms with Crippen LogP contribution in [0.3, 0.4) is 0 Å². The quantitative estimate of drug-likeness (QED) is 0.0271. The van der Waals surface area contributed by atoms with E-state index in [1.165, 1.54) is 96.3 Å². The van der Waals surface area contributed by atoms with Gasteiger partial charge in [-0.3, -0.25) is 18.6 Å². The lowest BCUT2D eigenvalue weighted by molar-refractivity contribution is -0.161. The fourth-order valence-corrected chi connectivity index (χ4v) is 6.28. The molecule has 53 heavy (non-hydrogen) atoms. The number of unbranched alkanes of at least 4 members (excludes halogenated alkanes) is 18. The fraction of sp³-hybridized carbons (Fsp3) is 0.767. The average Bonchev–Trinajstić information content (AvgIpc) is 3.14. The normalized spacial score (nSPS) is 13.8. The van der Waals surface area contributed by atoms with Gasteiger partial charge in [0.15, 0.2) is 6.10 Å². The Morgan fingerprint density at radius 2 is 1.02 bits per heavy atom. The van der Waals surface area contributed by atoms with E-state index in [0.29, 0.717) is 12.8 Å². The third-order valence-electron chi connectivity index (χ3n) is 8.69. The standard InChI is InChI=1S/C43H78NO8P/c1-3-5-7-9-11-13-15-17-19-20-22-23-25-27-29-31-33-35-42(45)49-39-41(40-51-53(47,48)50-38-37-44)52-43(46)36-34-32-30-28-26-24-21-18-16-14-12-10-8-6-4-2/h10,12,17,19,22-23,27,29,41H,3-9,11,13-16,18,20-21,24-26,28,30-40,44H2,1-2H3,(H,47,48)/b12-10+,19-17+,23-22+,29-27+/t41-/m1/s1. The van der Waals surface area contributed by atoms with Crippen LogP contribution in [0.15, 0.2) is 48.6 Å². The molecule has 1 unspecified atom stereocenters. The highest BCUT2D eigenvalue weighted by Crippen LogP contribution is 2.43. The van der Waals surface area contributed by atoms with Crippen molar-refractivity contribution in [2.75, 3.05) is 26.4 Å². The smallest absolute Gasteiger partial charge is 0.462 e. The van der Waals surface area contributed by atoms with E-state index in [1.54, 1.807) is 0 Å². The molecular weight excluding hydrogens is 689 g/mol. The molecule has 0 radical (unpaired) electrons. The molecule has 0 aliphatic heterocycles. The number of ether oxygens (including phenoxy) is 2. The van der Waals surface area contributed by atoms with Crippen LogP contribution in [0.1, 0.15) is 181 Å². The lowest BCUT2D eigenvalue weighted by Crippen LogP contribution is -2.29. The van der Waals surface area contributed by atoms with E-state index in [1.807, 2.05) is 0 Å². The first-order valence-electron chi connectivity index (χ1n) is 21.1. The van der Waals surface area contributed by atoms with Gasteiger partial charge in [-0.25, -0.2) is 4.57 Å². The molecule has 3 N–H and O–H groups in total. The summed E-state index contributed by atoms with van der Waals surface area (Å²) in [6, 6.07) is 0. The van der Waals surface area contributed by atoms with Crippen LogP contribution in [0.2, 0.25) is 0 Å². The number of carbonyl (C=O) groups is 2. The maximum Gasteiger partial charge on any atom is 0.472 e. The predicted octanol–water partition coefficient (Wildman–Crippen LogP) is 11.9. The Bertz CT molecular complexity index is 1010. The van der Waals surface area contributed by atoms with Crippen molar-refractivity contribution in [1.29, 1.82) is 0 Å². The summed E-state index contributed by atoms with van der Waals surface area (Å²) in [6.07, 6.45) is 44.3. The predicted molar refractivity (Wildman–Crippen MR) is 220 cm³/mol. The molecule has 2 atom stereocenters. The minimum atomic E-state index is -4.39. The van der Waals surface area contributed by atoms with Crippen molar-refractivity contribution in [2.45, 2.75) is 187 Å². The van der Waals surface area contributed by atoms with Gasteiger partial charge in [0.05, 0.1) is 13.2 Å². The van der Waals surface area contributed by atoms with Crippen LogP contribution >= 0.6 is 7.82 Å². The molecule has 0 aromatic rings. The second kappa shape index (κ2) is 39.7. The first-order valence-corrected chi connectivity index (χ1v) is 22.6. The van der Waals surface area contributed by atoms with E-state index in [0.717, 1.165) is 44.9 Å². The molecule has 0 spiro atoms. The largest absolute Gasteiger partial charge is 0.472 e. The number of carbonyl (C=O) groups excluding carboxylic acids is 2. The molecule has 308 valence electrons. The molecule has 0 aromatic heterocycles. The van der Waals surface area contributed by atoms with Gasteiger partial charge in [0.2, 0.25) is 0 Å². The molecule has 0 saturated carbocycles. The zero-order valence-corrected chi connectivity index (χ0v) is 34.6. The van der Waals surface area contributed by atoms with Crippen molar-refractivity contribution in [3.8, 4) is 0 Å². The van der Waals surface area contributed by atoms with Crippen LogP contribution in [0, 0.1) is 0 Å². The van der Waals surface area contributed by atoms with Gasteiger partial charge < -0.3 is 20.1 Å². The number of nitrogens with two attached hydrogens (primary N) is 1. The van der Waals surface area contributed by atoms with E-state index >= 15 is 0 Å². The molecule has 0 saturated heterocycles. The molecular formula is C43H78NO8P. The molecule has 0 rings (SSSR count). The number of hydrogen-bond donors (Lipinski definition) is 2. The second-order valence-electron chi connectivity index (χ2n) is 13.8. The number of phosphoric acid groups is 1. The molecule has 0 fully saturated rings. The lowest BCUT2D eigenvalue weighted by Gasteiger charge is -2.19. The first kappa shape index (κ1) is 51.0. The zero-order chi connectivity index (χ0) is 38.9. The highest BCUT2D eigenvalue weighted by atomic mass is 31.2. The van der Waals surface area contributed by atoms with Gasteiger partial charge in [0.1, 0.15) is 6.61 Å². The molecule has 0 aliphatic carbocycles. The summed E-state index contributed by atoms with van der Waals surface area (Å²) < 4.78 is 32.7. The average molecular weight is 768 g/mol. The third-order valence-corrected chi connectivity index (χ3v) is 9.67. The van der Waals surface area contributed by atoms with Crippen LogP contribution in [0.4, 0.5) is 0 Å². The minimum absolute atomic E-state index is 0.0455. The van der Waals surface area contributed by atoms with E-state index in [4.69, 9.17) is 24.3 Å². The van der Waals surface area contributed by atoms with Gasteiger partial charge in [-0.15, -0.1) is 0 Å². The van der Waals surface area contributed by atoms with Crippen molar-refractivity contribution in [2.24, 2.45) is 5.73 Å². The Morgan fingerprint density at radius 3 is 1.58 bits per heavy atom. The Hall–Kier alpha value is -2.03. The number of phosphoric ester groups is 1. The Morgan fingerprint density at radius 1 is 0.566 bits per heavy atom. The molecule has 10 heteroatoms. The molecule has 0 aliphatic rings. The van der Waals surface area contributed by atoms with Crippen molar-refractivity contribution < 1.29 is 37.6 Å². The van der Waals surface area contributed by atoms with Gasteiger partial charge in [0.25, 0.3) is 0 Å². The summed E-state index contributed by atoms with van der Waals surface area (Å²) in [4.78, 5) is 34.8. The van der Waals surface area contributed by atoms with E-state index in [-0.39, 0.29) is 32.6 Å².